The van der Waals surface area contributed by atoms with Crippen LogP contribution in [0.4, 0.5) is 11.5 Å². The molecule has 2 fully saturated rings. The first-order chi connectivity index (χ1) is 19.8. The van der Waals surface area contributed by atoms with Gasteiger partial charge in [-0.2, -0.15) is 0 Å². The van der Waals surface area contributed by atoms with Crippen LogP contribution in [0.1, 0.15) is 17.2 Å². The molecule has 4 heterocycles. The number of pyridine rings is 1. The molecular formula is C31H29N5O5. The number of esters is 1. The molecule has 4 atom stereocenters. The number of aromatic nitrogens is 2. The van der Waals surface area contributed by atoms with Gasteiger partial charge in [0.2, 0.25) is 11.8 Å². The molecule has 0 saturated carbocycles. The Balaban J connectivity index is 1.62. The summed E-state index contributed by atoms with van der Waals surface area (Å²) < 4.78 is 6.72. The molecular weight excluding hydrogens is 522 g/mol. The zero-order valence-electron chi connectivity index (χ0n) is 22.9. The lowest BCUT2D eigenvalue weighted by Crippen LogP contribution is -2.58. The van der Waals surface area contributed by atoms with Crippen molar-refractivity contribution in [2.75, 3.05) is 31.0 Å². The van der Waals surface area contributed by atoms with E-state index < -0.39 is 46.8 Å². The van der Waals surface area contributed by atoms with Gasteiger partial charge in [0.25, 0.3) is 5.56 Å². The number of methoxy groups -OCH3 is 1. The van der Waals surface area contributed by atoms with Crippen LogP contribution in [0.5, 0.6) is 0 Å². The molecule has 10 heteroatoms. The number of para-hydroxylation sites is 1. The van der Waals surface area contributed by atoms with Gasteiger partial charge in [0.15, 0.2) is 0 Å². The fourth-order valence-electron chi connectivity index (χ4n) is 6.31. The summed E-state index contributed by atoms with van der Waals surface area (Å²) >= 11 is 0. The van der Waals surface area contributed by atoms with E-state index in [2.05, 4.69) is 5.32 Å². The molecule has 41 heavy (non-hydrogen) atoms. The fraction of sp³-hybridized carbons (Fsp3) is 0.258. The molecule has 0 aliphatic carbocycles. The number of hydrogen-bond acceptors (Lipinski definition) is 8. The Kier molecular flexibility index (Phi) is 6.42. The van der Waals surface area contributed by atoms with Crippen molar-refractivity contribution < 1.29 is 19.1 Å². The summed E-state index contributed by atoms with van der Waals surface area (Å²) in [6.07, 6.45) is 1.68. The zero-order chi connectivity index (χ0) is 28.9. The summed E-state index contributed by atoms with van der Waals surface area (Å²) in [6, 6.07) is 22.1. The Morgan fingerprint density at radius 2 is 1.61 bits per heavy atom. The maximum absolute atomic E-state index is 14.3. The molecule has 0 radical (unpaired) electrons. The number of nitrogens with one attached hydrogen (secondary N) is 1. The third-order valence-corrected chi connectivity index (χ3v) is 8.03. The Hall–Kier alpha value is -4.83. The molecule has 2 amide bonds. The number of hydrogen-bond donors (Lipinski definition) is 1. The number of ether oxygens (including phenoxy) is 1. The van der Waals surface area contributed by atoms with Crippen molar-refractivity contribution in [3.8, 4) is 0 Å². The number of rotatable bonds is 6. The van der Waals surface area contributed by atoms with Crippen LogP contribution in [0.15, 0.2) is 89.9 Å². The maximum atomic E-state index is 14.3. The number of carbonyl (C=O) groups excluding carboxylic acids is 3. The zero-order valence-corrected chi connectivity index (χ0v) is 22.9. The second-order valence-corrected chi connectivity index (χ2v) is 10.6. The molecule has 0 unspecified atom stereocenters. The average Bonchev–Trinajstić information content (AvgIpc) is 3.46. The van der Waals surface area contributed by atoms with Crippen molar-refractivity contribution in [2.45, 2.75) is 18.0 Å². The van der Waals surface area contributed by atoms with Crippen molar-refractivity contribution in [1.82, 2.24) is 14.7 Å². The lowest BCUT2D eigenvalue weighted by atomic mass is 9.76. The van der Waals surface area contributed by atoms with Crippen LogP contribution in [0.2, 0.25) is 0 Å². The van der Waals surface area contributed by atoms with Gasteiger partial charge in [-0.3, -0.25) is 28.9 Å². The number of imide groups is 1. The van der Waals surface area contributed by atoms with Crippen LogP contribution in [-0.2, 0) is 25.5 Å². The van der Waals surface area contributed by atoms with E-state index in [1.165, 1.54) is 11.5 Å². The predicted molar refractivity (Wildman–Crippen MR) is 152 cm³/mol. The van der Waals surface area contributed by atoms with Gasteiger partial charge in [0.05, 0.1) is 36.2 Å². The summed E-state index contributed by atoms with van der Waals surface area (Å²) in [5.41, 5.74) is -0.228. The first-order valence-electron chi connectivity index (χ1n) is 13.3. The van der Waals surface area contributed by atoms with E-state index in [1.807, 2.05) is 30.3 Å². The summed E-state index contributed by atoms with van der Waals surface area (Å²) in [4.78, 5) is 64.0. The Morgan fingerprint density at radius 3 is 2.27 bits per heavy atom. The molecule has 4 aromatic rings. The molecule has 0 spiro atoms. The highest BCUT2D eigenvalue weighted by Gasteiger charge is 2.69. The lowest BCUT2D eigenvalue weighted by molar-refractivity contribution is -0.152. The average molecular weight is 552 g/mol. The van der Waals surface area contributed by atoms with Crippen LogP contribution in [0.25, 0.3) is 5.65 Å². The molecule has 2 aliphatic rings. The number of fused-ring (bicyclic) bond motifs is 2. The highest BCUT2D eigenvalue weighted by molar-refractivity contribution is 6.24. The molecule has 0 bridgehead atoms. The van der Waals surface area contributed by atoms with Crippen LogP contribution in [0.3, 0.4) is 0 Å². The smallest absolute Gasteiger partial charge is 0.327 e. The summed E-state index contributed by atoms with van der Waals surface area (Å²) in [5, 5.41) is 3.33. The van der Waals surface area contributed by atoms with Crippen molar-refractivity contribution in [3.63, 3.8) is 0 Å². The van der Waals surface area contributed by atoms with Gasteiger partial charge < -0.3 is 9.64 Å². The van der Waals surface area contributed by atoms with Crippen LogP contribution < -0.4 is 20.7 Å². The number of carbonyl (C=O) groups is 3. The molecule has 6 rings (SSSR count). The van der Waals surface area contributed by atoms with E-state index in [4.69, 9.17) is 9.72 Å². The Morgan fingerprint density at radius 1 is 0.951 bits per heavy atom. The first kappa shape index (κ1) is 26.4. The van der Waals surface area contributed by atoms with Gasteiger partial charge in [-0.1, -0.05) is 54.6 Å². The topological polar surface area (TPSA) is 113 Å². The van der Waals surface area contributed by atoms with Gasteiger partial charge >= 0.3 is 5.97 Å². The van der Waals surface area contributed by atoms with E-state index in [1.54, 1.807) is 73.7 Å². The largest absolute Gasteiger partial charge is 0.468 e. The van der Waals surface area contributed by atoms with Crippen LogP contribution >= 0.6 is 0 Å². The SMILES string of the molecule is COC(=O)[C@@]1(Cc2ccccc2)N[C@@H](c2c(N(C)C)nc3ccccn3c2=O)[C@H]2C(=O)N(c3ccccc3)C(=O)[C@H]21. The van der Waals surface area contributed by atoms with Gasteiger partial charge in [0, 0.05) is 26.7 Å². The number of nitrogens with zero attached hydrogens (tertiary/aromatic N) is 4. The minimum absolute atomic E-state index is 0.0689. The molecule has 10 nitrogen and oxygen atoms in total. The third-order valence-electron chi connectivity index (χ3n) is 8.03. The van der Waals surface area contributed by atoms with Crippen LogP contribution in [0, 0.1) is 11.8 Å². The molecule has 2 aromatic carbocycles. The first-order valence-corrected chi connectivity index (χ1v) is 13.3. The van der Waals surface area contributed by atoms with Gasteiger partial charge in [-0.15, -0.1) is 0 Å². The molecule has 2 aromatic heterocycles. The second kappa shape index (κ2) is 9.97. The van der Waals surface area contributed by atoms with E-state index in [9.17, 15) is 19.2 Å². The summed E-state index contributed by atoms with van der Waals surface area (Å²) in [5.74, 6) is -3.57. The Bertz CT molecular complexity index is 1720. The predicted octanol–water partition coefficient (Wildman–Crippen LogP) is 2.37. The molecule has 208 valence electrons. The van der Waals surface area contributed by atoms with Crippen molar-refractivity contribution in [1.29, 1.82) is 0 Å². The summed E-state index contributed by atoms with van der Waals surface area (Å²) in [7, 11) is 4.77. The third kappa shape index (κ3) is 4.02. The molecule has 2 saturated heterocycles. The minimum Gasteiger partial charge on any atom is -0.468 e. The normalized spacial score (nSPS) is 23.6. The highest BCUT2D eigenvalue weighted by atomic mass is 16.5. The summed E-state index contributed by atoms with van der Waals surface area (Å²) in [6.45, 7) is 0. The quantitative estimate of drug-likeness (QED) is 0.287. The lowest BCUT2D eigenvalue weighted by Gasteiger charge is -2.33. The van der Waals surface area contributed by atoms with Gasteiger partial charge in [-0.05, 0) is 29.8 Å². The van der Waals surface area contributed by atoms with E-state index >= 15 is 0 Å². The van der Waals surface area contributed by atoms with Gasteiger partial charge in [-0.25, -0.2) is 9.88 Å². The minimum atomic E-state index is -1.63. The fourth-order valence-corrected chi connectivity index (χ4v) is 6.31. The number of anilines is 2. The second-order valence-electron chi connectivity index (χ2n) is 10.6. The van der Waals surface area contributed by atoms with E-state index in [0.717, 1.165) is 10.5 Å². The monoisotopic (exact) mass is 551 g/mol. The standard InChI is InChI=1S/C31H29N5O5/c1-34(2)26-23(27(37)35-17-11-10-16-21(35)32-26)25-22-24(29(39)36(28(22)38)20-14-8-5-9-15-20)31(33-25,30(40)41-3)18-19-12-6-4-7-13-19/h4-17,22,24-25,33H,18H2,1-3H3/t22-,24-,25+,31-/m0/s1. The maximum Gasteiger partial charge on any atom is 0.327 e. The molecule has 1 N–H and O–H groups in total. The van der Waals surface area contributed by atoms with E-state index in [0.29, 0.717) is 17.2 Å². The Labute approximate surface area is 236 Å². The van der Waals surface area contributed by atoms with Crippen LogP contribution in [-0.4, -0.2) is 53.9 Å². The van der Waals surface area contributed by atoms with Crippen molar-refractivity contribution in [2.24, 2.45) is 11.8 Å². The van der Waals surface area contributed by atoms with Crippen molar-refractivity contribution in [3.05, 3.63) is 107 Å². The highest BCUT2D eigenvalue weighted by Crippen LogP contribution is 2.51. The van der Waals surface area contributed by atoms with Crippen molar-refractivity contribution >= 4 is 34.9 Å². The van der Waals surface area contributed by atoms with Gasteiger partial charge in [0.1, 0.15) is 17.0 Å². The number of amides is 2. The molecule has 2 aliphatic heterocycles. The van der Waals surface area contributed by atoms with E-state index in [-0.39, 0.29) is 12.0 Å². The number of benzene rings is 2.